The molecule has 0 N–H and O–H groups in total. The van der Waals surface area contributed by atoms with E-state index in [0.29, 0.717) is 18.1 Å². The summed E-state index contributed by atoms with van der Waals surface area (Å²) in [7, 11) is 0. The van der Waals surface area contributed by atoms with Crippen molar-refractivity contribution in [3.8, 4) is 0 Å². The molecule has 2 heteroatoms. The molecular weight excluding hydrogens is 152 g/mol. The average molecular weight is 166 g/mol. The van der Waals surface area contributed by atoms with Crippen molar-refractivity contribution in [1.82, 2.24) is 0 Å². The first kappa shape index (κ1) is 7.99. The predicted octanol–water partition coefficient (Wildman–Crippen LogP) is 1.70. The second-order valence-electron chi connectivity index (χ2n) is 4.05. The van der Waals surface area contributed by atoms with Crippen LogP contribution in [0.2, 0.25) is 0 Å². The molecule has 0 unspecified atom stereocenters. The standard InChI is InChI=1S/C10H14O2/c1-7-3-4-8(5-9(7)11)10(2)6-12-10/h3,8H,4-6H2,1-2H3/t8-,10-/m1/s1. The second-order valence-corrected chi connectivity index (χ2v) is 4.05. The number of Topliss-reactive ketones (excluding diaryl/α,β-unsaturated/α-hetero) is 1. The smallest absolute Gasteiger partial charge is 0.158 e. The van der Waals surface area contributed by atoms with Crippen LogP contribution in [0.25, 0.3) is 0 Å². The van der Waals surface area contributed by atoms with E-state index in [1.165, 1.54) is 0 Å². The number of rotatable bonds is 1. The molecule has 0 aromatic rings. The molecule has 2 nitrogen and oxygen atoms in total. The van der Waals surface area contributed by atoms with E-state index in [9.17, 15) is 4.79 Å². The van der Waals surface area contributed by atoms with Crippen molar-refractivity contribution in [2.24, 2.45) is 5.92 Å². The Bertz CT molecular complexity index is 249. The molecule has 1 heterocycles. The number of epoxide rings is 1. The molecule has 0 radical (unpaired) electrons. The minimum atomic E-state index is 0.0207. The largest absolute Gasteiger partial charge is 0.370 e. The normalized spacial score (nSPS) is 41.0. The fourth-order valence-corrected chi connectivity index (χ4v) is 1.72. The molecule has 1 fully saturated rings. The lowest BCUT2D eigenvalue weighted by Crippen LogP contribution is -2.26. The third-order valence-corrected chi connectivity index (χ3v) is 3.04. The van der Waals surface area contributed by atoms with Gasteiger partial charge < -0.3 is 4.74 Å². The lowest BCUT2D eigenvalue weighted by atomic mass is 9.81. The highest BCUT2D eigenvalue weighted by atomic mass is 16.6. The number of carbonyl (C=O) groups is 1. The van der Waals surface area contributed by atoms with Gasteiger partial charge in [0.05, 0.1) is 12.2 Å². The Balaban J connectivity index is 2.09. The average Bonchev–Trinajstić information content (AvgIpc) is 2.75. The van der Waals surface area contributed by atoms with Gasteiger partial charge in [-0.05, 0) is 25.8 Å². The zero-order chi connectivity index (χ0) is 8.77. The van der Waals surface area contributed by atoms with Crippen LogP contribution in [0, 0.1) is 5.92 Å². The number of ether oxygens (including phenoxy) is 1. The van der Waals surface area contributed by atoms with E-state index in [0.717, 1.165) is 18.6 Å². The summed E-state index contributed by atoms with van der Waals surface area (Å²) in [6.07, 6.45) is 3.73. The van der Waals surface area contributed by atoms with Crippen LogP contribution in [0.1, 0.15) is 26.7 Å². The van der Waals surface area contributed by atoms with Gasteiger partial charge in [0.15, 0.2) is 5.78 Å². The van der Waals surface area contributed by atoms with Crippen LogP contribution in [0.15, 0.2) is 11.6 Å². The maximum Gasteiger partial charge on any atom is 0.158 e. The van der Waals surface area contributed by atoms with E-state index in [2.05, 4.69) is 6.92 Å². The minimum Gasteiger partial charge on any atom is -0.370 e. The molecule has 0 saturated carbocycles. The molecule has 12 heavy (non-hydrogen) atoms. The maximum absolute atomic E-state index is 11.4. The Morgan fingerprint density at radius 1 is 1.67 bits per heavy atom. The Hall–Kier alpha value is -0.630. The van der Waals surface area contributed by atoms with Gasteiger partial charge in [0.1, 0.15) is 0 Å². The Labute approximate surface area is 72.6 Å². The summed E-state index contributed by atoms with van der Waals surface area (Å²) in [6, 6.07) is 0. The second kappa shape index (κ2) is 2.43. The number of allylic oxidation sites excluding steroid dienone is 2. The highest BCUT2D eigenvalue weighted by Crippen LogP contribution is 2.41. The maximum atomic E-state index is 11.4. The molecule has 0 amide bonds. The van der Waals surface area contributed by atoms with Crippen LogP contribution in [0.4, 0.5) is 0 Å². The van der Waals surface area contributed by atoms with Gasteiger partial charge >= 0.3 is 0 Å². The Kier molecular flexibility index (Phi) is 1.62. The van der Waals surface area contributed by atoms with Crippen molar-refractivity contribution >= 4 is 5.78 Å². The first-order valence-electron chi connectivity index (χ1n) is 4.46. The van der Waals surface area contributed by atoms with Crippen LogP contribution in [-0.2, 0) is 9.53 Å². The van der Waals surface area contributed by atoms with Crippen molar-refractivity contribution in [2.75, 3.05) is 6.61 Å². The van der Waals surface area contributed by atoms with Crippen molar-refractivity contribution in [1.29, 1.82) is 0 Å². The first-order valence-corrected chi connectivity index (χ1v) is 4.46. The first-order chi connectivity index (χ1) is 5.62. The molecule has 1 aliphatic heterocycles. The third kappa shape index (κ3) is 1.20. The van der Waals surface area contributed by atoms with Crippen molar-refractivity contribution in [3.63, 3.8) is 0 Å². The molecule has 0 aromatic carbocycles. The van der Waals surface area contributed by atoms with E-state index >= 15 is 0 Å². The lowest BCUT2D eigenvalue weighted by Gasteiger charge is -2.22. The summed E-state index contributed by atoms with van der Waals surface area (Å²) in [5.74, 6) is 0.719. The quantitative estimate of drug-likeness (QED) is 0.555. The summed E-state index contributed by atoms with van der Waals surface area (Å²) < 4.78 is 5.34. The number of hydrogen-bond acceptors (Lipinski definition) is 2. The zero-order valence-corrected chi connectivity index (χ0v) is 7.59. The summed E-state index contributed by atoms with van der Waals surface area (Å²) in [6.45, 7) is 4.83. The van der Waals surface area contributed by atoms with Crippen LogP contribution in [0.5, 0.6) is 0 Å². The number of hydrogen-bond donors (Lipinski definition) is 0. The highest BCUT2D eigenvalue weighted by molar-refractivity contribution is 5.95. The van der Waals surface area contributed by atoms with Crippen molar-refractivity contribution < 1.29 is 9.53 Å². The van der Waals surface area contributed by atoms with Crippen LogP contribution in [0.3, 0.4) is 0 Å². The fraction of sp³-hybridized carbons (Fsp3) is 0.700. The molecule has 2 rings (SSSR count). The fourth-order valence-electron chi connectivity index (χ4n) is 1.72. The highest BCUT2D eigenvalue weighted by Gasteiger charge is 2.47. The van der Waals surface area contributed by atoms with Gasteiger partial charge in [0.2, 0.25) is 0 Å². The van der Waals surface area contributed by atoms with Crippen LogP contribution >= 0.6 is 0 Å². The van der Waals surface area contributed by atoms with E-state index in [1.807, 2.05) is 13.0 Å². The molecule has 0 spiro atoms. The Morgan fingerprint density at radius 2 is 2.33 bits per heavy atom. The van der Waals surface area contributed by atoms with Gasteiger partial charge in [-0.3, -0.25) is 4.79 Å². The summed E-state index contributed by atoms with van der Waals surface area (Å²) >= 11 is 0. The van der Waals surface area contributed by atoms with E-state index in [1.54, 1.807) is 0 Å². The summed E-state index contributed by atoms with van der Waals surface area (Å²) in [5.41, 5.74) is 0.947. The van der Waals surface area contributed by atoms with Gasteiger partial charge in [-0.1, -0.05) is 6.08 Å². The lowest BCUT2D eigenvalue weighted by molar-refractivity contribution is -0.117. The van der Waals surface area contributed by atoms with E-state index in [4.69, 9.17) is 4.74 Å². The Morgan fingerprint density at radius 3 is 2.83 bits per heavy atom. The molecular formula is C10H14O2. The minimum absolute atomic E-state index is 0.0207. The molecule has 2 atom stereocenters. The SMILES string of the molecule is CC1=CC[C@@H]([C@@]2(C)CO2)CC1=O. The van der Waals surface area contributed by atoms with Crippen LogP contribution in [-0.4, -0.2) is 18.0 Å². The van der Waals surface area contributed by atoms with Gasteiger partial charge in [0, 0.05) is 12.3 Å². The molecule has 2 aliphatic rings. The topological polar surface area (TPSA) is 29.6 Å². The summed E-state index contributed by atoms with van der Waals surface area (Å²) in [4.78, 5) is 11.4. The van der Waals surface area contributed by atoms with Gasteiger partial charge in [-0.15, -0.1) is 0 Å². The van der Waals surface area contributed by atoms with Crippen molar-refractivity contribution in [3.05, 3.63) is 11.6 Å². The zero-order valence-electron chi connectivity index (χ0n) is 7.59. The summed E-state index contributed by atoms with van der Waals surface area (Å²) in [5, 5.41) is 0. The van der Waals surface area contributed by atoms with Gasteiger partial charge in [-0.2, -0.15) is 0 Å². The van der Waals surface area contributed by atoms with E-state index in [-0.39, 0.29) is 5.60 Å². The molecule has 66 valence electrons. The molecule has 0 aromatic heterocycles. The van der Waals surface area contributed by atoms with Crippen LogP contribution < -0.4 is 0 Å². The third-order valence-electron chi connectivity index (χ3n) is 3.04. The van der Waals surface area contributed by atoms with E-state index < -0.39 is 0 Å². The molecule has 0 bridgehead atoms. The molecule has 1 saturated heterocycles. The monoisotopic (exact) mass is 166 g/mol. The van der Waals surface area contributed by atoms with Crippen molar-refractivity contribution in [2.45, 2.75) is 32.3 Å². The number of ketones is 1. The molecule has 1 aliphatic carbocycles. The predicted molar refractivity (Wildman–Crippen MR) is 45.8 cm³/mol. The number of carbonyl (C=O) groups excluding carboxylic acids is 1. The van der Waals surface area contributed by atoms with Gasteiger partial charge in [-0.25, -0.2) is 0 Å². The van der Waals surface area contributed by atoms with Gasteiger partial charge in [0.25, 0.3) is 0 Å².